The van der Waals surface area contributed by atoms with Gasteiger partial charge in [0.25, 0.3) is 0 Å². The van der Waals surface area contributed by atoms with Crippen LogP contribution in [-0.4, -0.2) is 20.6 Å². The van der Waals surface area contributed by atoms with Gasteiger partial charge >= 0.3 is 5.97 Å². The number of halogens is 1. The van der Waals surface area contributed by atoms with Crippen molar-refractivity contribution in [2.75, 3.05) is 0 Å². The summed E-state index contributed by atoms with van der Waals surface area (Å²) >= 11 is 6.24. The monoisotopic (exact) mass is 312 g/mol. The average Bonchev–Trinajstić information content (AvgIpc) is 2.93. The highest BCUT2D eigenvalue weighted by atomic mass is 35.5. The van der Waals surface area contributed by atoms with E-state index in [0.29, 0.717) is 16.4 Å². The molecule has 3 aromatic rings. The number of aromatic carboxylic acids is 1. The lowest BCUT2D eigenvalue weighted by Crippen LogP contribution is -1.97. The maximum absolute atomic E-state index is 11.3. The number of benzene rings is 2. The van der Waals surface area contributed by atoms with Gasteiger partial charge in [-0.05, 0) is 36.8 Å². The highest BCUT2D eigenvalue weighted by molar-refractivity contribution is 6.33. The molecule has 110 valence electrons. The lowest BCUT2D eigenvalue weighted by atomic mass is 10.2. The first kappa shape index (κ1) is 14.4. The van der Waals surface area contributed by atoms with Gasteiger partial charge in [-0.2, -0.15) is 0 Å². The number of carboxylic acids is 1. The third-order valence-corrected chi connectivity index (χ3v) is 3.65. The van der Waals surface area contributed by atoms with Crippen molar-refractivity contribution in [3.8, 4) is 17.1 Å². The summed E-state index contributed by atoms with van der Waals surface area (Å²) < 4.78 is 1.75. The predicted molar refractivity (Wildman–Crippen MR) is 85.7 cm³/mol. The van der Waals surface area contributed by atoms with Crippen LogP contribution in [0.1, 0.15) is 16.1 Å². The van der Waals surface area contributed by atoms with E-state index in [1.54, 1.807) is 10.6 Å². The van der Waals surface area contributed by atoms with Gasteiger partial charge in [0.15, 0.2) is 5.69 Å². The maximum Gasteiger partial charge on any atom is 0.356 e. The Morgan fingerprint density at radius 2 is 1.95 bits per heavy atom. The number of imidazole rings is 1. The van der Waals surface area contributed by atoms with Crippen LogP contribution in [0.4, 0.5) is 0 Å². The van der Waals surface area contributed by atoms with E-state index >= 15 is 0 Å². The molecule has 0 aliphatic heterocycles. The van der Waals surface area contributed by atoms with Crippen LogP contribution in [0.15, 0.2) is 54.7 Å². The van der Waals surface area contributed by atoms with Crippen LogP contribution < -0.4 is 0 Å². The minimum Gasteiger partial charge on any atom is -0.476 e. The van der Waals surface area contributed by atoms with Crippen LogP contribution in [0.5, 0.6) is 0 Å². The molecule has 1 heterocycles. The van der Waals surface area contributed by atoms with Gasteiger partial charge in [-0.15, -0.1) is 0 Å². The Morgan fingerprint density at radius 1 is 1.18 bits per heavy atom. The number of aryl methyl sites for hydroxylation is 1. The van der Waals surface area contributed by atoms with E-state index in [2.05, 4.69) is 4.98 Å². The van der Waals surface area contributed by atoms with Gasteiger partial charge in [-0.25, -0.2) is 9.78 Å². The minimum atomic E-state index is -1.07. The standard InChI is InChI=1S/C17H13ClN2O2/c1-11-5-4-6-12(9-11)20-10-15(17(21)22)19-16(20)13-7-2-3-8-14(13)18/h2-10H,1H3,(H,21,22). The smallest absolute Gasteiger partial charge is 0.356 e. The van der Waals surface area contributed by atoms with Crippen molar-refractivity contribution in [2.45, 2.75) is 6.92 Å². The Bertz CT molecular complexity index is 855. The zero-order valence-electron chi connectivity index (χ0n) is 11.8. The first-order valence-electron chi connectivity index (χ1n) is 6.71. The Kier molecular flexibility index (Phi) is 3.69. The van der Waals surface area contributed by atoms with Crippen molar-refractivity contribution in [1.29, 1.82) is 0 Å². The zero-order chi connectivity index (χ0) is 15.7. The molecule has 0 atom stereocenters. The van der Waals surface area contributed by atoms with E-state index in [-0.39, 0.29) is 5.69 Å². The van der Waals surface area contributed by atoms with Crippen LogP contribution in [0, 0.1) is 6.92 Å². The molecule has 0 spiro atoms. The summed E-state index contributed by atoms with van der Waals surface area (Å²) in [6.07, 6.45) is 1.51. The first-order valence-corrected chi connectivity index (χ1v) is 7.08. The highest BCUT2D eigenvalue weighted by Gasteiger charge is 2.17. The number of hydrogen-bond donors (Lipinski definition) is 1. The lowest BCUT2D eigenvalue weighted by Gasteiger charge is -2.09. The normalized spacial score (nSPS) is 10.6. The Labute approximate surface area is 132 Å². The Morgan fingerprint density at radius 3 is 2.64 bits per heavy atom. The molecule has 0 unspecified atom stereocenters. The molecule has 2 aromatic carbocycles. The van der Waals surface area contributed by atoms with Gasteiger partial charge in [0, 0.05) is 17.4 Å². The fraction of sp³-hybridized carbons (Fsp3) is 0.0588. The number of carboxylic acid groups (broad SMARTS) is 1. The summed E-state index contributed by atoms with van der Waals surface area (Å²) in [4.78, 5) is 15.5. The number of carbonyl (C=O) groups is 1. The van der Waals surface area contributed by atoms with Crippen molar-refractivity contribution < 1.29 is 9.90 Å². The van der Waals surface area contributed by atoms with Gasteiger partial charge in [-0.3, -0.25) is 4.57 Å². The van der Waals surface area contributed by atoms with Crippen LogP contribution in [-0.2, 0) is 0 Å². The highest BCUT2D eigenvalue weighted by Crippen LogP contribution is 2.29. The van der Waals surface area contributed by atoms with E-state index in [0.717, 1.165) is 11.3 Å². The summed E-state index contributed by atoms with van der Waals surface area (Å²) in [7, 11) is 0. The second-order valence-electron chi connectivity index (χ2n) is 4.94. The van der Waals surface area contributed by atoms with E-state index in [4.69, 9.17) is 11.6 Å². The average molecular weight is 313 g/mol. The quantitative estimate of drug-likeness (QED) is 0.788. The molecule has 0 saturated heterocycles. The van der Waals surface area contributed by atoms with Crippen molar-refractivity contribution in [1.82, 2.24) is 9.55 Å². The van der Waals surface area contributed by atoms with Crippen molar-refractivity contribution in [2.24, 2.45) is 0 Å². The van der Waals surface area contributed by atoms with Crippen LogP contribution in [0.2, 0.25) is 5.02 Å². The molecule has 0 fully saturated rings. The van der Waals surface area contributed by atoms with E-state index < -0.39 is 5.97 Å². The van der Waals surface area contributed by atoms with E-state index in [1.807, 2.05) is 49.4 Å². The molecule has 0 saturated carbocycles. The molecule has 0 bridgehead atoms. The molecule has 3 rings (SSSR count). The molecule has 0 radical (unpaired) electrons. The van der Waals surface area contributed by atoms with E-state index in [9.17, 15) is 9.90 Å². The molecule has 0 aliphatic carbocycles. The minimum absolute atomic E-state index is 0.0172. The number of hydrogen-bond acceptors (Lipinski definition) is 2. The fourth-order valence-corrected chi connectivity index (χ4v) is 2.51. The topological polar surface area (TPSA) is 55.1 Å². The SMILES string of the molecule is Cc1cccc(-n2cc(C(=O)O)nc2-c2ccccc2Cl)c1. The van der Waals surface area contributed by atoms with Crippen LogP contribution >= 0.6 is 11.6 Å². The Balaban J connectivity index is 2.25. The Hall–Kier alpha value is -2.59. The van der Waals surface area contributed by atoms with Gasteiger partial charge in [0.1, 0.15) is 5.82 Å². The molecule has 0 amide bonds. The van der Waals surface area contributed by atoms with Crippen molar-refractivity contribution in [3.05, 3.63) is 71.0 Å². The third kappa shape index (κ3) is 2.61. The summed E-state index contributed by atoms with van der Waals surface area (Å²) in [5.41, 5.74) is 2.60. The van der Waals surface area contributed by atoms with Crippen LogP contribution in [0.3, 0.4) is 0 Å². The first-order chi connectivity index (χ1) is 10.6. The summed E-state index contributed by atoms with van der Waals surface area (Å²) in [5, 5.41) is 9.76. The molecular formula is C17H13ClN2O2. The zero-order valence-corrected chi connectivity index (χ0v) is 12.6. The van der Waals surface area contributed by atoms with Gasteiger partial charge in [0.2, 0.25) is 0 Å². The van der Waals surface area contributed by atoms with Crippen LogP contribution in [0.25, 0.3) is 17.1 Å². The molecule has 1 N–H and O–H groups in total. The summed E-state index contributed by atoms with van der Waals surface area (Å²) in [6.45, 7) is 1.98. The maximum atomic E-state index is 11.3. The molecular weight excluding hydrogens is 300 g/mol. The largest absolute Gasteiger partial charge is 0.476 e. The van der Waals surface area contributed by atoms with Gasteiger partial charge in [0.05, 0.1) is 5.02 Å². The molecule has 4 nitrogen and oxygen atoms in total. The van der Waals surface area contributed by atoms with Crippen molar-refractivity contribution >= 4 is 17.6 Å². The van der Waals surface area contributed by atoms with Gasteiger partial charge < -0.3 is 5.11 Å². The third-order valence-electron chi connectivity index (χ3n) is 3.32. The second-order valence-corrected chi connectivity index (χ2v) is 5.35. The predicted octanol–water partition coefficient (Wildman–Crippen LogP) is 4.20. The number of rotatable bonds is 3. The lowest BCUT2D eigenvalue weighted by molar-refractivity contribution is 0.0691. The number of aromatic nitrogens is 2. The van der Waals surface area contributed by atoms with Crippen molar-refractivity contribution in [3.63, 3.8) is 0 Å². The van der Waals surface area contributed by atoms with Gasteiger partial charge in [-0.1, -0.05) is 35.9 Å². The molecule has 1 aromatic heterocycles. The molecule has 22 heavy (non-hydrogen) atoms. The van der Waals surface area contributed by atoms with E-state index in [1.165, 1.54) is 6.20 Å². The second kappa shape index (κ2) is 5.66. The fourth-order valence-electron chi connectivity index (χ4n) is 2.29. The molecule has 5 heteroatoms. The summed E-state index contributed by atoms with van der Waals surface area (Å²) in [6, 6.07) is 15.0. The summed E-state index contributed by atoms with van der Waals surface area (Å²) in [5.74, 6) is -0.562. The molecule has 0 aliphatic rings. The number of nitrogens with zero attached hydrogens (tertiary/aromatic N) is 2.